The van der Waals surface area contributed by atoms with Gasteiger partial charge in [0.2, 0.25) is 11.8 Å². The number of esters is 1. The summed E-state index contributed by atoms with van der Waals surface area (Å²) >= 11 is 0. The molecule has 0 unspecified atom stereocenters. The summed E-state index contributed by atoms with van der Waals surface area (Å²) in [6.07, 6.45) is 6.81. The van der Waals surface area contributed by atoms with E-state index in [-0.39, 0.29) is 29.6 Å². The minimum Gasteiger partial charge on any atom is -0.426 e. The van der Waals surface area contributed by atoms with Gasteiger partial charge >= 0.3 is 5.97 Å². The van der Waals surface area contributed by atoms with Crippen LogP contribution >= 0.6 is 0 Å². The van der Waals surface area contributed by atoms with Crippen LogP contribution in [-0.4, -0.2) is 17.8 Å². The van der Waals surface area contributed by atoms with Crippen molar-refractivity contribution in [3.63, 3.8) is 0 Å². The van der Waals surface area contributed by atoms with Crippen molar-refractivity contribution in [2.45, 2.75) is 58.3 Å². The largest absolute Gasteiger partial charge is 0.426 e. The third-order valence-corrected chi connectivity index (χ3v) is 5.13. The Kier molecular flexibility index (Phi) is 5.51. The third-order valence-electron chi connectivity index (χ3n) is 5.13. The number of carbonyl (C=O) groups excluding carboxylic acids is 3. The van der Waals surface area contributed by atoms with E-state index in [4.69, 9.17) is 4.74 Å². The molecule has 1 heterocycles. The van der Waals surface area contributed by atoms with Crippen LogP contribution in [0, 0.1) is 11.8 Å². The number of ether oxygens (including phenoxy) is 1. The number of benzene rings is 1. The second kappa shape index (κ2) is 7.81. The monoisotopic (exact) mass is 343 g/mol. The topological polar surface area (TPSA) is 63.7 Å². The van der Waals surface area contributed by atoms with Crippen LogP contribution in [-0.2, 0) is 14.4 Å². The molecule has 0 radical (unpaired) electrons. The van der Waals surface area contributed by atoms with Crippen molar-refractivity contribution in [2.24, 2.45) is 11.8 Å². The van der Waals surface area contributed by atoms with E-state index in [0.29, 0.717) is 17.9 Å². The molecule has 25 heavy (non-hydrogen) atoms. The van der Waals surface area contributed by atoms with Crippen LogP contribution in [0.2, 0.25) is 0 Å². The zero-order valence-corrected chi connectivity index (χ0v) is 14.7. The number of carbonyl (C=O) groups is 3. The Morgan fingerprint density at radius 3 is 2.44 bits per heavy atom. The second-order valence-corrected chi connectivity index (χ2v) is 6.94. The standard InChI is InChI=1S/C20H25NO4/c1-2-3-4-12-18(22)25-15-9-7-8-14(13-15)21-19(23)16-10-5-6-11-17(16)20(21)24/h7-9,13,16-17H,2-6,10-12H2,1H3/t16-,17+. The number of rotatable bonds is 6. The summed E-state index contributed by atoms with van der Waals surface area (Å²) in [6.45, 7) is 2.08. The predicted octanol–water partition coefficient (Wildman–Crippen LogP) is 3.85. The Labute approximate surface area is 148 Å². The fraction of sp³-hybridized carbons (Fsp3) is 0.550. The Morgan fingerprint density at radius 2 is 1.80 bits per heavy atom. The first-order valence-corrected chi connectivity index (χ1v) is 9.30. The molecule has 1 aliphatic heterocycles. The van der Waals surface area contributed by atoms with Crippen LogP contribution < -0.4 is 9.64 Å². The molecular weight excluding hydrogens is 318 g/mol. The van der Waals surface area contributed by atoms with E-state index in [1.54, 1.807) is 24.3 Å². The highest BCUT2D eigenvalue weighted by Gasteiger charge is 2.48. The maximum absolute atomic E-state index is 12.7. The number of amides is 2. The van der Waals surface area contributed by atoms with Gasteiger partial charge in [0.15, 0.2) is 0 Å². The average molecular weight is 343 g/mol. The lowest BCUT2D eigenvalue weighted by atomic mass is 9.81. The van der Waals surface area contributed by atoms with Crippen molar-refractivity contribution in [1.82, 2.24) is 0 Å². The fourth-order valence-corrected chi connectivity index (χ4v) is 3.80. The molecular formula is C20H25NO4. The van der Waals surface area contributed by atoms with Crippen LogP contribution in [0.15, 0.2) is 24.3 Å². The molecule has 2 aliphatic rings. The highest BCUT2D eigenvalue weighted by Crippen LogP contribution is 2.40. The number of hydrogen-bond acceptors (Lipinski definition) is 4. The summed E-state index contributed by atoms with van der Waals surface area (Å²) in [5.74, 6) is -0.474. The molecule has 0 N–H and O–H groups in total. The predicted molar refractivity (Wildman–Crippen MR) is 94.2 cm³/mol. The van der Waals surface area contributed by atoms with Gasteiger partial charge in [0, 0.05) is 12.5 Å². The summed E-state index contributed by atoms with van der Waals surface area (Å²) in [5, 5.41) is 0. The molecule has 3 rings (SSSR count). The van der Waals surface area contributed by atoms with Gasteiger partial charge in [-0.15, -0.1) is 0 Å². The Hall–Kier alpha value is -2.17. The number of nitrogens with zero attached hydrogens (tertiary/aromatic N) is 1. The third kappa shape index (κ3) is 3.75. The Balaban J connectivity index is 1.72. The average Bonchev–Trinajstić information content (AvgIpc) is 2.87. The van der Waals surface area contributed by atoms with Crippen LogP contribution in [0.1, 0.15) is 58.3 Å². The molecule has 2 fully saturated rings. The molecule has 5 heteroatoms. The van der Waals surface area contributed by atoms with Gasteiger partial charge in [-0.25, -0.2) is 4.90 Å². The molecule has 1 aromatic carbocycles. The van der Waals surface area contributed by atoms with Crippen molar-refractivity contribution in [1.29, 1.82) is 0 Å². The quantitative estimate of drug-likeness (QED) is 0.341. The van der Waals surface area contributed by atoms with Gasteiger partial charge in [-0.05, 0) is 31.4 Å². The van der Waals surface area contributed by atoms with E-state index in [0.717, 1.165) is 44.9 Å². The lowest BCUT2D eigenvalue weighted by molar-refractivity contribution is -0.134. The van der Waals surface area contributed by atoms with Crippen LogP contribution in [0.5, 0.6) is 5.75 Å². The molecule has 0 bridgehead atoms. The van der Waals surface area contributed by atoms with Crippen molar-refractivity contribution in [2.75, 3.05) is 4.90 Å². The van der Waals surface area contributed by atoms with E-state index in [1.807, 2.05) is 0 Å². The molecule has 1 saturated heterocycles. The number of hydrogen-bond donors (Lipinski definition) is 0. The normalized spacial score (nSPS) is 22.8. The van der Waals surface area contributed by atoms with E-state index >= 15 is 0 Å². The Bertz CT molecular complexity index is 645. The highest BCUT2D eigenvalue weighted by molar-refractivity contribution is 6.22. The van der Waals surface area contributed by atoms with Crippen LogP contribution in [0.4, 0.5) is 5.69 Å². The first-order valence-electron chi connectivity index (χ1n) is 9.30. The van der Waals surface area contributed by atoms with Crippen molar-refractivity contribution in [3.05, 3.63) is 24.3 Å². The van der Waals surface area contributed by atoms with Gasteiger partial charge in [-0.2, -0.15) is 0 Å². The van der Waals surface area contributed by atoms with E-state index in [1.165, 1.54) is 4.90 Å². The van der Waals surface area contributed by atoms with Crippen molar-refractivity contribution in [3.8, 4) is 5.75 Å². The van der Waals surface area contributed by atoms with Crippen LogP contribution in [0.25, 0.3) is 0 Å². The number of imide groups is 1. The molecule has 0 spiro atoms. The molecule has 1 aromatic rings. The van der Waals surface area contributed by atoms with Gasteiger partial charge in [-0.3, -0.25) is 14.4 Å². The van der Waals surface area contributed by atoms with E-state index < -0.39 is 0 Å². The summed E-state index contributed by atoms with van der Waals surface area (Å²) in [6, 6.07) is 6.73. The zero-order valence-electron chi connectivity index (χ0n) is 14.7. The lowest BCUT2D eigenvalue weighted by Gasteiger charge is -2.19. The maximum atomic E-state index is 12.7. The molecule has 1 saturated carbocycles. The first kappa shape index (κ1) is 17.6. The van der Waals surface area contributed by atoms with Gasteiger partial charge in [0.25, 0.3) is 0 Å². The number of fused-ring (bicyclic) bond motifs is 1. The fourth-order valence-electron chi connectivity index (χ4n) is 3.80. The first-order chi connectivity index (χ1) is 12.1. The van der Waals surface area contributed by atoms with E-state index in [9.17, 15) is 14.4 Å². The molecule has 5 nitrogen and oxygen atoms in total. The zero-order chi connectivity index (χ0) is 17.8. The highest BCUT2D eigenvalue weighted by atomic mass is 16.5. The molecule has 1 aliphatic carbocycles. The molecule has 0 aromatic heterocycles. The lowest BCUT2D eigenvalue weighted by Crippen LogP contribution is -2.30. The number of unbranched alkanes of at least 4 members (excludes halogenated alkanes) is 2. The van der Waals surface area contributed by atoms with E-state index in [2.05, 4.69) is 6.92 Å². The summed E-state index contributed by atoms with van der Waals surface area (Å²) in [7, 11) is 0. The number of anilines is 1. The minimum atomic E-state index is -0.279. The smallest absolute Gasteiger partial charge is 0.311 e. The van der Waals surface area contributed by atoms with Crippen LogP contribution in [0.3, 0.4) is 0 Å². The van der Waals surface area contributed by atoms with Crippen molar-refractivity contribution >= 4 is 23.5 Å². The second-order valence-electron chi connectivity index (χ2n) is 6.94. The van der Waals surface area contributed by atoms with Gasteiger partial charge in [0.1, 0.15) is 5.75 Å². The van der Waals surface area contributed by atoms with Gasteiger partial charge in [0.05, 0.1) is 17.5 Å². The summed E-state index contributed by atoms with van der Waals surface area (Å²) in [4.78, 5) is 38.5. The molecule has 2 amide bonds. The Morgan fingerprint density at radius 1 is 1.12 bits per heavy atom. The van der Waals surface area contributed by atoms with Gasteiger partial charge in [-0.1, -0.05) is 38.7 Å². The summed E-state index contributed by atoms with van der Waals surface area (Å²) < 4.78 is 5.36. The minimum absolute atomic E-state index is 0.110. The molecule has 134 valence electrons. The van der Waals surface area contributed by atoms with Crippen molar-refractivity contribution < 1.29 is 19.1 Å². The maximum Gasteiger partial charge on any atom is 0.311 e. The molecule has 2 atom stereocenters. The van der Waals surface area contributed by atoms with Gasteiger partial charge < -0.3 is 4.74 Å². The summed E-state index contributed by atoms with van der Waals surface area (Å²) in [5.41, 5.74) is 0.503. The SMILES string of the molecule is CCCCCC(=O)Oc1cccc(N2C(=O)[C@H]3CCCC[C@H]3C2=O)c1.